The molecule has 0 aromatic heterocycles. The maximum absolute atomic E-state index is 12.3. The van der Waals surface area contributed by atoms with Crippen molar-refractivity contribution in [2.75, 3.05) is 14.2 Å². The Morgan fingerprint density at radius 2 is 2.10 bits per heavy atom. The summed E-state index contributed by atoms with van der Waals surface area (Å²) in [5.41, 5.74) is -0.368. The van der Waals surface area contributed by atoms with Crippen LogP contribution in [0.5, 0.6) is 5.75 Å². The highest BCUT2D eigenvalue weighted by Crippen LogP contribution is 2.47. The number of ether oxygens (including phenoxy) is 1. The lowest BCUT2D eigenvalue weighted by molar-refractivity contribution is -0.153. The quantitative estimate of drug-likeness (QED) is 0.834. The van der Waals surface area contributed by atoms with Gasteiger partial charge in [0.1, 0.15) is 11.2 Å². The van der Waals surface area contributed by atoms with Crippen LogP contribution in [0.1, 0.15) is 18.4 Å². The van der Waals surface area contributed by atoms with Gasteiger partial charge in [0.25, 0.3) is 0 Å². The van der Waals surface area contributed by atoms with Gasteiger partial charge in [-0.15, -0.1) is 0 Å². The van der Waals surface area contributed by atoms with Gasteiger partial charge in [-0.3, -0.25) is 9.59 Å². The smallest absolute Gasteiger partial charge is 0.319 e. The first-order valence-electron chi connectivity index (χ1n) is 6.22. The van der Waals surface area contributed by atoms with Gasteiger partial charge in [-0.1, -0.05) is 15.9 Å². The largest absolute Gasteiger partial charge is 0.496 e. The molecular formula is C14H16BrNO4. The monoisotopic (exact) mass is 341 g/mol. The van der Waals surface area contributed by atoms with Crippen molar-refractivity contribution in [1.82, 2.24) is 4.90 Å². The third-order valence-corrected chi connectivity index (χ3v) is 4.06. The van der Waals surface area contributed by atoms with E-state index in [0.29, 0.717) is 25.1 Å². The van der Waals surface area contributed by atoms with E-state index in [4.69, 9.17) is 9.84 Å². The van der Waals surface area contributed by atoms with E-state index in [9.17, 15) is 9.59 Å². The molecule has 0 bridgehead atoms. The molecule has 0 atom stereocenters. The predicted octanol–water partition coefficient (Wildman–Crippen LogP) is 2.28. The van der Waals surface area contributed by atoms with Crippen LogP contribution >= 0.6 is 15.9 Å². The molecule has 5 nitrogen and oxygen atoms in total. The van der Waals surface area contributed by atoms with Crippen LogP contribution in [0.15, 0.2) is 22.7 Å². The zero-order chi connectivity index (χ0) is 14.9. The number of benzene rings is 1. The molecular weight excluding hydrogens is 326 g/mol. The Morgan fingerprint density at radius 3 is 2.60 bits per heavy atom. The molecule has 1 amide bonds. The van der Waals surface area contributed by atoms with Crippen LogP contribution in [-0.2, 0) is 16.1 Å². The van der Waals surface area contributed by atoms with Crippen molar-refractivity contribution in [3.05, 3.63) is 28.2 Å². The van der Waals surface area contributed by atoms with Gasteiger partial charge in [0.15, 0.2) is 0 Å². The molecule has 1 N–H and O–H groups in total. The van der Waals surface area contributed by atoms with Gasteiger partial charge in [0.05, 0.1) is 7.11 Å². The van der Waals surface area contributed by atoms with Crippen LogP contribution < -0.4 is 4.74 Å². The zero-order valence-corrected chi connectivity index (χ0v) is 12.9. The molecule has 0 aliphatic heterocycles. The highest BCUT2D eigenvalue weighted by atomic mass is 79.9. The maximum Gasteiger partial charge on any atom is 0.319 e. The van der Waals surface area contributed by atoms with Gasteiger partial charge in [-0.25, -0.2) is 0 Å². The molecule has 0 saturated heterocycles. The number of rotatable bonds is 5. The van der Waals surface area contributed by atoms with Crippen LogP contribution in [0.4, 0.5) is 0 Å². The number of carbonyl (C=O) groups excluding carboxylic acids is 1. The summed E-state index contributed by atoms with van der Waals surface area (Å²) >= 11 is 3.37. The minimum absolute atomic E-state index is 0.316. The number of nitrogens with zero attached hydrogens (tertiary/aromatic N) is 1. The van der Waals surface area contributed by atoms with Crippen LogP contribution in [0.2, 0.25) is 0 Å². The van der Waals surface area contributed by atoms with Crippen molar-refractivity contribution < 1.29 is 19.4 Å². The van der Waals surface area contributed by atoms with Gasteiger partial charge in [-0.05, 0) is 31.0 Å². The molecule has 20 heavy (non-hydrogen) atoms. The SMILES string of the molecule is COc1ccc(Br)cc1CN(C)C(=O)C1(C(=O)O)CC1. The Hall–Kier alpha value is -1.56. The first-order chi connectivity index (χ1) is 9.40. The summed E-state index contributed by atoms with van der Waals surface area (Å²) in [6.07, 6.45) is 0.836. The van der Waals surface area contributed by atoms with Crippen LogP contribution in [-0.4, -0.2) is 36.0 Å². The molecule has 1 aromatic carbocycles. The highest BCUT2D eigenvalue weighted by molar-refractivity contribution is 9.10. The minimum atomic E-state index is -1.20. The lowest BCUT2D eigenvalue weighted by atomic mass is 10.1. The normalized spacial score (nSPS) is 15.6. The van der Waals surface area contributed by atoms with Crippen molar-refractivity contribution in [2.24, 2.45) is 5.41 Å². The first-order valence-corrected chi connectivity index (χ1v) is 7.01. The Bertz CT molecular complexity index is 554. The topological polar surface area (TPSA) is 66.8 Å². The number of hydrogen-bond acceptors (Lipinski definition) is 3. The molecule has 1 aliphatic carbocycles. The van der Waals surface area contributed by atoms with Gasteiger partial charge < -0.3 is 14.7 Å². The fourth-order valence-electron chi connectivity index (χ4n) is 2.21. The molecule has 1 aliphatic rings. The van der Waals surface area contributed by atoms with E-state index >= 15 is 0 Å². The van der Waals surface area contributed by atoms with Crippen molar-refractivity contribution in [3.8, 4) is 5.75 Å². The summed E-state index contributed by atoms with van der Waals surface area (Å²) in [4.78, 5) is 24.9. The van der Waals surface area contributed by atoms with Crippen LogP contribution in [0.3, 0.4) is 0 Å². The van der Waals surface area contributed by atoms with Crippen molar-refractivity contribution >= 4 is 27.8 Å². The Kier molecular flexibility index (Phi) is 4.04. The summed E-state index contributed by atoms with van der Waals surface area (Å²) < 4.78 is 6.14. The van der Waals surface area contributed by atoms with E-state index in [1.54, 1.807) is 14.2 Å². The van der Waals surface area contributed by atoms with Crippen molar-refractivity contribution in [3.63, 3.8) is 0 Å². The second-order valence-electron chi connectivity index (χ2n) is 5.00. The molecule has 1 fully saturated rings. The van der Waals surface area contributed by atoms with E-state index < -0.39 is 11.4 Å². The van der Waals surface area contributed by atoms with Crippen molar-refractivity contribution in [2.45, 2.75) is 19.4 Å². The number of carboxylic acids is 1. The Morgan fingerprint density at radius 1 is 1.45 bits per heavy atom. The minimum Gasteiger partial charge on any atom is -0.496 e. The molecule has 0 unspecified atom stereocenters. The summed E-state index contributed by atoms with van der Waals surface area (Å²) in [6.45, 7) is 0.316. The Balaban J connectivity index is 2.16. The lowest BCUT2D eigenvalue weighted by Gasteiger charge is -2.22. The van der Waals surface area contributed by atoms with E-state index in [1.165, 1.54) is 4.90 Å². The molecule has 1 aromatic rings. The van der Waals surface area contributed by atoms with Gasteiger partial charge in [0.2, 0.25) is 5.91 Å². The fraction of sp³-hybridized carbons (Fsp3) is 0.429. The Labute approximate surface area is 125 Å². The summed E-state index contributed by atoms with van der Waals surface area (Å²) in [5.74, 6) is -0.699. The van der Waals surface area contributed by atoms with E-state index in [2.05, 4.69) is 15.9 Å². The molecule has 1 saturated carbocycles. The second-order valence-corrected chi connectivity index (χ2v) is 5.92. The van der Waals surface area contributed by atoms with E-state index in [1.807, 2.05) is 18.2 Å². The third-order valence-electron chi connectivity index (χ3n) is 3.57. The number of amides is 1. The number of carbonyl (C=O) groups is 2. The third kappa shape index (κ3) is 2.65. The van der Waals surface area contributed by atoms with Gasteiger partial charge in [-0.2, -0.15) is 0 Å². The summed E-state index contributed by atoms with van der Waals surface area (Å²) in [6, 6.07) is 5.52. The molecule has 0 heterocycles. The average molecular weight is 342 g/mol. The molecule has 0 radical (unpaired) electrons. The molecule has 6 heteroatoms. The van der Waals surface area contributed by atoms with E-state index in [0.717, 1.165) is 10.0 Å². The van der Waals surface area contributed by atoms with Gasteiger partial charge >= 0.3 is 5.97 Å². The van der Waals surface area contributed by atoms with Crippen LogP contribution in [0.25, 0.3) is 0 Å². The zero-order valence-electron chi connectivity index (χ0n) is 11.4. The molecule has 108 valence electrons. The van der Waals surface area contributed by atoms with Crippen molar-refractivity contribution in [1.29, 1.82) is 0 Å². The van der Waals surface area contributed by atoms with Crippen LogP contribution in [0, 0.1) is 5.41 Å². The summed E-state index contributed by atoms with van der Waals surface area (Å²) in [5, 5.41) is 9.15. The average Bonchev–Trinajstić information content (AvgIpc) is 3.19. The highest BCUT2D eigenvalue weighted by Gasteiger charge is 2.58. The predicted molar refractivity (Wildman–Crippen MR) is 76.5 cm³/mol. The second kappa shape index (κ2) is 5.44. The maximum atomic E-state index is 12.3. The standard InChI is InChI=1S/C14H16BrNO4/c1-16(12(17)14(5-6-14)13(18)19)8-9-7-10(15)3-4-11(9)20-2/h3-4,7H,5-6,8H2,1-2H3,(H,18,19). The number of carboxylic acid groups (broad SMARTS) is 1. The molecule has 2 rings (SSSR count). The fourth-order valence-corrected chi connectivity index (χ4v) is 2.62. The van der Waals surface area contributed by atoms with Gasteiger partial charge in [0, 0.05) is 23.6 Å². The number of methoxy groups -OCH3 is 1. The molecule has 0 spiro atoms. The van der Waals surface area contributed by atoms with E-state index in [-0.39, 0.29) is 5.91 Å². The number of hydrogen-bond donors (Lipinski definition) is 1. The first kappa shape index (κ1) is 14.8. The number of aliphatic carboxylic acids is 1. The summed E-state index contributed by atoms with van der Waals surface area (Å²) in [7, 11) is 3.18. The lowest BCUT2D eigenvalue weighted by Crippen LogP contribution is -2.38. The number of halogens is 1.